The van der Waals surface area contributed by atoms with Gasteiger partial charge in [0.25, 0.3) is 11.6 Å². The Morgan fingerprint density at radius 2 is 1.71 bits per heavy atom. The van der Waals surface area contributed by atoms with Gasteiger partial charge in [0.15, 0.2) is 0 Å². The van der Waals surface area contributed by atoms with E-state index < -0.39 is 4.92 Å². The Morgan fingerprint density at radius 1 is 1.04 bits per heavy atom. The summed E-state index contributed by atoms with van der Waals surface area (Å²) in [6.45, 7) is 3.94. The fourth-order valence-corrected chi connectivity index (χ4v) is 3.26. The molecule has 0 aliphatic carbocycles. The van der Waals surface area contributed by atoms with Crippen molar-refractivity contribution in [2.45, 2.75) is 6.92 Å². The van der Waals surface area contributed by atoms with E-state index in [9.17, 15) is 19.7 Å². The highest BCUT2D eigenvalue weighted by Gasteiger charge is 2.26. The second kappa shape index (κ2) is 8.62. The fraction of sp³-hybridized carbons (Fsp3) is 0.300. The molecule has 2 aromatic rings. The summed E-state index contributed by atoms with van der Waals surface area (Å²) in [5.41, 5.74) is 1.43. The number of nitro groups is 1. The zero-order valence-electron chi connectivity index (χ0n) is 15.6. The monoisotopic (exact) mass is 382 g/mol. The number of nitrogens with zero attached hydrogens (tertiary/aromatic N) is 3. The number of carbonyl (C=O) groups excluding carboxylic acids is 2. The highest BCUT2D eigenvalue weighted by atomic mass is 16.6. The summed E-state index contributed by atoms with van der Waals surface area (Å²) in [5, 5.41) is 13.9. The van der Waals surface area contributed by atoms with Crippen LogP contribution >= 0.6 is 0 Å². The van der Waals surface area contributed by atoms with Crippen LogP contribution in [0.2, 0.25) is 0 Å². The van der Waals surface area contributed by atoms with Crippen molar-refractivity contribution >= 4 is 23.2 Å². The summed E-state index contributed by atoms with van der Waals surface area (Å²) in [4.78, 5) is 39.2. The van der Waals surface area contributed by atoms with Crippen molar-refractivity contribution in [1.29, 1.82) is 0 Å². The van der Waals surface area contributed by atoms with Crippen LogP contribution in [0.3, 0.4) is 0 Å². The second-order valence-electron chi connectivity index (χ2n) is 6.69. The Balaban J connectivity index is 1.55. The number of piperazine rings is 1. The molecule has 1 saturated heterocycles. The first-order valence-corrected chi connectivity index (χ1v) is 9.06. The van der Waals surface area contributed by atoms with Crippen molar-refractivity contribution in [2.24, 2.45) is 0 Å². The van der Waals surface area contributed by atoms with Crippen molar-refractivity contribution in [3.8, 4) is 0 Å². The van der Waals surface area contributed by atoms with Gasteiger partial charge in [-0.1, -0.05) is 24.3 Å². The molecule has 0 aromatic heterocycles. The molecule has 8 heteroatoms. The Hall–Kier alpha value is -3.26. The largest absolute Gasteiger partial charge is 0.336 e. The second-order valence-corrected chi connectivity index (χ2v) is 6.69. The average Bonchev–Trinajstić information content (AvgIpc) is 2.68. The van der Waals surface area contributed by atoms with Crippen molar-refractivity contribution in [3.05, 3.63) is 69.8 Å². The first-order chi connectivity index (χ1) is 13.5. The maximum Gasteiger partial charge on any atom is 0.273 e. The number of hydrogen-bond acceptors (Lipinski definition) is 5. The first-order valence-electron chi connectivity index (χ1n) is 9.06. The molecule has 1 heterocycles. The van der Waals surface area contributed by atoms with Crippen molar-refractivity contribution in [1.82, 2.24) is 9.80 Å². The lowest BCUT2D eigenvalue weighted by molar-refractivity contribution is -0.385. The van der Waals surface area contributed by atoms with Crippen molar-refractivity contribution < 1.29 is 14.5 Å². The Bertz CT molecular complexity index is 877. The van der Waals surface area contributed by atoms with Gasteiger partial charge < -0.3 is 10.2 Å². The van der Waals surface area contributed by atoms with Gasteiger partial charge in [-0.25, -0.2) is 0 Å². The van der Waals surface area contributed by atoms with Gasteiger partial charge in [-0.2, -0.15) is 0 Å². The molecule has 0 radical (unpaired) electrons. The van der Waals surface area contributed by atoms with Crippen LogP contribution in [0.1, 0.15) is 15.9 Å². The number of nitro benzene ring substituents is 1. The van der Waals surface area contributed by atoms with Gasteiger partial charge in [0.2, 0.25) is 5.91 Å². The van der Waals surface area contributed by atoms with Crippen LogP contribution in [0.4, 0.5) is 11.4 Å². The van der Waals surface area contributed by atoms with E-state index in [0.29, 0.717) is 37.3 Å². The fourth-order valence-electron chi connectivity index (χ4n) is 3.26. The van der Waals surface area contributed by atoms with E-state index in [4.69, 9.17) is 0 Å². The minimum absolute atomic E-state index is 0.0536. The quantitative estimate of drug-likeness (QED) is 0.632. The van der Waals surface area contributed by atoms with Gasteiger partial charge in [-0.15, -0.1) is 0 Å². The molecule has 0 unspecified atom stereocenters. The van der Waals surface area contributed by atoms with E-state index in [1.807, 2.05) is 35.2 Å². The number of carbonyl (C=O) groups is 2. The topological polar surface area (TPSA) is 95.8 Å². The van der Waals surface area contributed by atoms with E-state index in [1.165, 1.54) is 12.1 Å². The highest BCUT2D eigenvalue weighted by Crippen LogP contribution is 2.22. The molecule has 1 aliphatic heterocycles. The third-order valence-electron chi connectivity index (χ3n) is 4.82. The van der Waals surface area contributed by atoms with Gasteiger partial charge in [0, 0.05) is 49.1 Å². The summed E-state index contributed by atoms with van der Waals surface area (Å²) >= 11 is 0. The standard InChI is InChI=1S/C20H22N4O4/c1-15-17(8-5-9-18(15)24(27)28)20(26)23-12-10-22(11-13-23)14-19(25)21-16-6-3-2-4-7-16/h2-9H,10-14H2,1H3,(H,21,25). The van der Waals surface area contributed by atoms with E-state index in [-0.39, 0.29) is 24.0 Å². The van der Waals surface area contributed by atoms with Gasteiger partial charge in [-0.3, -0.25) is 24.6 Å². The molecule has 0 saturated carbocycles. The molecule has 28 heavy (non-hydrogen) atoms. The molecule has 3 rings (SSSR count). The summed E-state index contributed by atoms with van der Waals surface area (Å²) in [6, 6.07) is 13.8. The molecule has 1 fully saturated rings. The molecule has 2 amide bonds. The molecular formula is C20H22N4O4. The zero-order chi connectivity index (χ0) is 20.1. The van der Waals surface area contributed by atoms with Gasteiger partial charge in [0.05, 0.1) is 11.5 Å². The lowest BCUT2D eigenvalue weighted by Crippen LogP contribution is -2.50. The van der Waals surface area contributed by atoms with E-state index >= 15 is 0 Å². The molecule has 0 atom stereocenters. The van der Waals surface area contributed by atoms with Crippen LogP contribution in [0.25, 0.3) is 0 Å². The first kappa shape index (κ1) is 19.5. The summed E-state index contributed by atoms with van der Waals surface area (Å²) in [5.74, 6) is -0.310. The van der Waals surface area contributed by atoms with Crippen LogP contribution in [0, 0.1) is 17.0 Å². The molecule has 2 aromatic carbocycles. The van der Waals surface area contributed by atoms with Crippen LogP contribution in [-0.2, 0) is 4.79 Å². The predicted molar refractivity (Wildman–Crippen MR) is 105 cm³/mol. The average molecular weight is 382 g/mol. The van der Waals surface area contributed by atoms with Crippen molar-refractivity contribution in [2.75, 3.05) is 38.0 Å². The lowest BCUT2D eigenvalue weighted by atomic mass is 10.1. The summed E-state index contributed by atoms with van der Waals surface area (Å²) in [6.07, 6.45) is 0. The van der Waals surface area contributed by atoms with Crippen LogP contribution in [0.15, 0.2) is 48.5 Å². The van der Waals surface area contributed by atoms with Crippen LogP contribution < -0.4 is 5.32 Å². The van der Waals surface area contributed by atoms with E-state index in [0.717, 1.165) is 5.69 Å². The van der Waals surface area contributed by atoms with E-state index in [2.05, 4.69) is 5.32 Å². The molecular weight excluding hydrogens is 360 g/mol. The number of nitrogens with one attached hydrogen (secondary N) is 1. The predicted octanol–water partition coefficient (Wildman–Crippen LogP) is 2.30. The van der Waals surface area contributed by atoms with Crippen LogP contribution in [-0.4, -0.2) is 59.3 Å². The SMILES string of the molecule is Cc1c(C(=O)N2CCN(CC(=O)Nc3ccccc3)CC2)cccc1[N+](=O)[O-]. The third-order valence-corrected chi connectivity index (χ3v) is 4.82. The number of benzene rings is 2. The summed E-state index contributed by atoms with van der Waals surface area (Å²) in [7, 11) is 0. The number of hydrogen-bond donors (Lipinski definition) is 1. The Morgan fingerprint density at radius 3 is 2.36 bits per heavy atom. The van der Waals surface area contributed by atoms with E-state index in [1.54, 1.807) is 17.9 Å². The molecule has 8 nitrogen and oxygen atoms in total. The molecule has 1 N–H and O–H groups in total. The maximum atomic E-state index is 12.8. The normalized spacial score (nSPS) is 14.5. The molecule has 146 valence electrons. The Labute approximate surface area is 162 Å². The Kier molecular flexibility index (Phi) is 6.00. The zero-order valence-corrected chi connectivity index (χ0v) is 15.6. The smallest absolute Gasteiger partial charge is 0.273 e. The summed E-state index contributed by atoms with van der Waals surface area (Å²) < 4.78 is 0. The third kappa shape index (κ3) is 4.52. The van der Waals surface area contributed by atoms with Gasteiger partial charge in [-0.05, 0) is 25.1 Å². The van der Waals surface area contributed by atoms with Gasteiger partial charge >= 0.3 is 0 Å². The minimum Gasteiger partial charge on any atom is -0.336 e. The molecule has 0 bridgehead atoms. The number of para-hydroxylation sites is 1. The van der Waals surface area contributed by atoms with Crippen LogP contribution in [0.5, 0.6) is 0 Å². The number of rotatable bonds is 5. The number of anilines is 1. The van der Waals surface area contributed by atoms with Gasteiger partial charge in [0.1, 0.15) is 0 Å². The highest BCUT2D eigenvalue weighted by molar-refractivity contribution is 5.96. The maximum absolute atomic E-state index is 12.8. The molecule has 1 aliphatic rings. The molecule has 0 spiro atoms. The minimum atomic E-state index is -0.477. The lowest BCUT2D eigenvalue weighted by Gasteiger charge is -2.34. The van der Waals surface area contributed by atoms with Crippen molar-refractivity contribution in [3.63, 3.8) is 0 Å². The number of amides is 2.